The van der Waals surface area contributed by atoms with Crippen molar-refractivity contribution < 1.29 is 14.3 Å². The molecule has 0 fully saturated rings. The lowest BCUT2D eigenvalue weighted by molar-refractivity contribution is 0.174. The van der Waals surface area contributed by atoms with Gasteiger partial charge in [0.2, 0.25) is 0 Å². The Balaban J connectivity index is 1.58. The van der Waals surface area contributed by atoms with E-state index in [0.29, 0.717) is 19.7 Å². The summed E-state index contributed by atoms with van der Waals surface area (Å²) in [5.74, 6) is 0.812. The van der Waals surface area contributed by atoms with Gasteiger partial charge in [0.1, 0.15) is 10.8 Å². The minimum absolute atomic E-state index is 0.0386. The summed E-state index contributed by atoms with van der Waals surface area (Å²) in [5, 5.41) is 4.41. The third-order valence-corrected chi connectivity index (χ3v) is 8.01. The standard InChI is InChI=1S/C26H31N3O3S/c1-31-16-6-14-27-26(30)29-17-21-20-7-3-4-9-23(20)33-25(21)28-15-5-8-22(28)24(29)18-10-12-19(32-2)13-11-18/h5,8,10-13,15,24H,3-4,6-7,9,14,16-17H2,1-2H3,(H,27,30). The van der Waals surface area contributed by atoms with E-state index in [0.717, 1.165) is 36.3 Å². The molecule has 1 aromatic carbocycles. The number of hydrogen-bond acceptors (Lipinski definition) is 4. The van der Waals surface area contributed by atoms with Gasteiger partial charge in [0.25, 0.3) is 0 Å². The number of hydrogen-bond donors (Lipinski definition) is 1. The highest BCUT2D eigenvalue weighted by Gasteiger charge is 2.35. The van der Waals surface area contributed by atoms with Gasteiger partial charge in [-0.3, -0.25) is 0 Å². The van der Waals surface area contributed by atoms with Crippen LogP contribution in [-0.4, -0.2) is 42.9 Å². The second-order valence-electron chi connectivity index (χ2n) is 8.68. The first kappa shape index (κ1) is 22.0. The second kappa shape index (κ2) is 9.61. The minimum atomic E-state index is -0.188. The lowest BCUT2D eigenvalue weighted by atomic mass is 9.95. The third kappa shape index (κ3) is 4.15. The molecule has 0 spiro atoms. The quantitative estimate of drug-likeness (QED) is 0.517. The minimum Gasteiger partial charge on any atom is -0.497 e. The number of nitrogens with zero attached hydrogens (tertiary/aromatic N) is 2. The number of carbonyl (C=O) groups is 1. The molecule has 33 heavy (non-hydrogen) atoms. The smallest absolute Gasteiger partial charge is 0.318 e. The molecule has 2 amide bonds. The van der Waals surface area contributed by atoms with Crippen molar-refractivity contribution in [3.05, 3.63) is 69.9 Å². The lowest BCUT2D eigenvalue weighted by Crippen LogP contribution is -2.42. The average molecular weight is 466 g/mol. The molecule has 3 aromatic rings. The van der Waals surface area contributed by atoms with E-state index in [1.165, 1.54) is 33.8 Å². The summed E-state index contributed by atoms with van der Waals surface area (Å²) in [7, 11) is 3.36. The van der Waals surface area contributed by atoms with Crippen LogP contribution in [0, 0.1) is 0 Å². The predicted octanol–water partition coefficient (Wildman–Crippen LogP) is 5.08. The normalized spacial score (nSPS) is 17.0. The van der Waals surface area contributed by atoms with Crippen molar-refractivity contribution in [1.29, 1.82) is 0 Å². The van der Waals surface area contributed by atoms with Crippen LogP contribution in [0.4, 0.5) is 4.79 Å². The van der Waals surface area contributed by atoms with Crippen molar-refractivity contribution in [3.63, 3.8) is 0 Å². The number of aryl methyl sites for hydroxylation is 1. The summed E-state index contributed by atoms with van der Waals surface area (Å²) in [5.41, 5.74) is 4.97. The van der Waals surface area contributed by atoms with Crippen molar-refractivity contribution in [2.24, 2.45) is 0 Å². The Labute approximate surface area is 199 Å². The van der Waals surface area contributed by atoms with Crippen LogP contribution in [0.5, 0.6) is 5.75 Å². The predicted molar refractivity (Wildman–Crippen MR) is 131 cm³/mol. The average Bonchev–Trinajstić information content (AvgIpc) is 3.44. The number of nitrogens with one attached hydrogen (secondary N) is 1. The van der Waals surface area contributed by atoms with Gasteiger partial charge in [-0.25, -0.2) is 4.79 Å². The molecule has 174 valence electrons. The van der Waals surface area contributed by atoms with Crippen LogP contribution in [0.2, 0.25) is 0 Å². The second-order valence-corrected chi connectivity index (χ2v) is 9.76. The van der Waals surface area contributed by atoms with Crippen LogP contribution in [0.3, 0.4) is 0 Å². The Morgan fingerprint density at radius 1 is 1.12 bits per heavy atom. The summed E-state index contributed by atoms with van der Waals surface area (Å²) in [6.07, 6.45) is 7.66. The molecular weight excluding hydrogens is 434 g/mol. The van der Waals surface area contributed by atoms with Crippen LogP contribution >= 0.6 is 11.3 Å². The van der Waals surface area contributed by atoms with E-state index in [1.807, 2.05) is 28.4 Å². The number of ether oxygens (including phenoxy) is 2. The fourth-order valence-electron chi connectivity index (χ4n) is 5.04. The number of amides is 2. The van der Waals surface area contributed by atoms with E-state index in [4.69, 9.17) is 9.47 Å². The molecule has 1 N–H and O–H groups in total. The van der Waals surface area contributed by atoms with Crippen LogP contribution in [0.15, 0.2) is 42.6 Å². The van der Waals surface area contributed by atoms with Gasteiger partial charge >= 0.3 is 6.03 Å². The molecule has 1 atom stereocenters. The monoisotopic (exact) mass is 465 g/mol. The molecule has 5 rings (SSSR count). The molecule has 3 heterocycles. The van der Waals surface area contributed by atoms with Crippen molar-refractivity contribution in [3.8, 4) is 10.8 Å². The number of urea groups is 1. The first-order valence-electron chi connectivity index (χ1n) is 11.7. The Hall–Kier alpha value is -2.77. The Morgan fingerprint density at radius 2 is 1.94 bits per heavy atom. The highest BCUT2D eigenvalue weighted by molar-refractivity contribution is 7.15. The molecule has 7 heteroatoms. The molecule has 0 saturated carbocycles. The Bertz CT molecular complexity index is 1120. The first-order chi connectivity index (χ1) is 16.2. The summed E-state index contributed by atoms with van der Waals surface area (Å²) < 4.78 is 12.8. The van der Waals surface area contributed by atoms with Crippen LogP contribution < -0.4 is 10.1 Å². The van der Waals surface area contributed by atoms with Gasteiger partial charge < -0.3 is 24.3 Å². The van der Waals surface area contributed by atoms with Crippen molar-refractivity contribution >= 4 is 17.4 Å². The highest BCUT2D eigenvalue weighted by atomic mass is 32.1. The van der Waals surface area contributed by atoms with Crippen LogP contribution in [0.25, 0.3) is 5.00 Å². The molecule has 0 saturated heterocycles. The van der Waals surface area contributed by atoms with Crippen LogP contribution in [0.1, 0.15) is 52.6 Å². The molecule has 6 nitrogen and oxygen atoms in total. The van der Waals surface area contributed by atoms with Gasteiger partial charge in [-0.15, -0.1) is 11.3 Å². The number of aromatic nitrogens is 1. The number of benzene rings is 1. The maximum Gasteiger partial charge on any atom is 0.318 e. The summed E-state index contributed by atoms with van der Waals surface area (Å²) in [4.78, 5) is 17.1. The van der Waals surface area contributed by atoms with Crippen LogP contribution in [-0.2, 0) is 24.1 Å². The summed E-state index contributed by atoms with van der Waals surface area (Å²) in [6, 6.07) is 12.1. The third-order valence-electron chi connectivity index (χ3n) is 6.67. The zero-order valence-corrected chi connectivity index (χ0v) is 20.1. The number of fused-ring (bicyclic) bond motifs is 5. The molecule has 1 aliphatic heterocycles. The molecule has 0 radical (unpaired) electrons. The summed E-state index contributed by atoms with van der Waals surface area (Å²) >= 11 is 1.91. The Kier molecular flexibility index (Phi) is 6.42. The summed E-state index contributed by atoms with van der Waals surface area (Å²) in [6.45, 7) is 1.83. The maximum atomic E-state index is 13.6. The molecule has 1 aliphatic carbocycles. The molecule has 2 aliphatic rings. The Morgan fingerprint density at radius 3 is 2.73 bits per heavy atom. The largest absolute Gasteiger partial charge is 0.497 e. The SMILES string of the molecule is COCCCNC(=O)N1Cc2c(sc3c2CCCC3)-n2cccc2C1c1ccc(OC)cc1. The lowest BCUT2D eigenvalue weighted by Gasteiger charge is -2.31. The van der Waals surface area contributed by atoms with Gasteiger partial charge in [-0.1, -0.05) is 12.1 Å². The maximum absolute atomic E-state index is 13.6. The van der Waals surface area contributed by atoms with E-state index >= 15 is 0 Å². The van der Waals surface area contributed by atoms with E-state index in [-0.39, 0.29) is 12.1 Å². The molecule has 2 aromatic heterocycles. The number of thiophene rings is 1. The number of rotatable bonds is 6. The number of carbonyl (C=O) groups excluding carboxylic acids is 1. The van der Waals surface area contributed by atoms with E-state index < -0.39 is 0 Å². The van der Waals surface area contributed by atoms with Gasteiger partial charge in [-0.05, 0) is 67.5 Å². The van der Waals surface area contributed by atoms with Gasteiger partial charge in [0.05, 0.1) is 25.4 Å². The van der Waals surface area contributed by atoms with E-state index in [2.05, 4.69) is 40.3 Å². The fraction of sp³-hybridized carbons (Fsp3) is 0.423. The highest BCUT2D eigenvalue weighted by Crippen LogP contribution is 2.44. The van der Waals surface area contributed by atoms with E-state index in [9.17, 15) is 4.79 Å². The topological polar surface area (TPSA) is 55.7 Å². The van der Waals surface area contributed by atoms with Gasteiger partial charge in [-0.2, -0.15) is 0 Å². The van der Waals surface area contributed by atoms with E-state index in [1.54, 1.807) is 14.2 Å². The zero-order chi connectivity index (χ0) is 22.8. The molecular formula is C26H31N3O3S. The van der Waals surface area contributed by atoms with Crippen molar-refractivity contribution in [2.75, 3.05) is 27.4 Å². The number of methoxy groups -OCH3 is 2. The van der Waals surface area contributed by atoms with Crippen molar-refractivity contribution in [2.45, 2.75) is 44.7 Å². The van der Waals surface area contributed by atoms with Gasteiger partial charge in [0.15, 0.2) is 0 Å². The molecule has 1 unspecified atom stereocenters. The van der Waals surface area contributed by atoms with Crippen molar-refractivity contribution in [1.82, 2.24) is 14.8 Å². The zero-order valence-electron chi connectivity index (χ0n) is 19.3. The fourth-order valence-corrected chi connectivity index (χ4v) is 6.44. The van der Waals surface area contributed by atoms with Gasteiger partial charge in [0, 0.05) is 36.9 Å². The molecule has 0 bridgehead atoms. The first-order valence-corrected chi connectivity index (χ1v) is 12.5.